The molecule has 0 bridgehead atoms. The fraction of sp³-hybridized carbons (Fsp3) is 0.462. The molecule has 1 aromatic carbocycles. The predicted octanol–water partition coefficient (Wildman–Crippen LogP) is 3.26. The van der Waals surface area contributed by atoms with E-state index in [1.54, 1.807) is 13.8 Å². The average Bonchev–Trinajstić information content (AvgIpc) is 2.36. The minimum atomic E-state index is -3.83. The van der Waals surface area contributed by atoms with Crippen LogP contribution in [-0.2, 0) is 14.8 Å². The minimum Gasteiger partial charge on any atom is -0.481 e. The second-order valence-electron chi connectivity index (χ2n) is 4.76. The van der Waals surface area contributed by atoms with E-state index in [4.69, 9.17) is 28.3 Å². The molecule has 0 atom stereocenters. The molecule has 1 rings (SSSR count). The Morgan fingerprint density at radius 3 is 2.48 bits per heavy atom. The SMILES string of the molecule is CC(C)N(CCCC(=O)O)S(=O)(=O)c1cccc(Cl)c1Cl. The van der Waals surface area contributed by atoms with Crippen molar-refractivity contribution >= 4 is 39.2 Å². The van der Waals surface area contributed by atoms with Crippen molar-refractivity contribution in [2.24, 2.45) is 0 Å². The van der Waals surface area contributed by atoms with Crippen molar-refractivity contribution in [2.45, 2.75) is 37.6 Å². The quantitative estimate of drug-likeness (QED) is 0.816. The number of benzene rings is 1. The van der Waals surface area contributed by atoms with Gasteiger partial charge in [0.05, 0.1) is 10.0 Å². The first-order chi connectivity index (χ1) is 9.67. The summed E-state index contributed by atoms with van der Waals surface area (Å²) < 4.78 is 26.5. The number of hydrogen-bond donors (Lipinski definition) is 1. The average molecular weight is 354 g/mol. The van der Waals surface area contributed by atoms with Gasteiger partial charge < -0.3 is 5.11 Å². The minimum absolute atomic E-state index is 0.0250. The van der Waals surface area contributed by atoms with Crippen molar-refractivity contribution in [2.75, 3.05) is 6.54 Å². The summed E-state index contributed by atoms with van der Waals surface area (Å²) in [6.07, 6.45) is 0.132. The molecule has 0 saturated heterocycles. The first-order valence-corrected chi connectivity index (χ1v) is 8.55. The second-order valence-corrected chi connectivity index (χ2v) is 7.40. The van der Waals surface area contributed by atoms with Gasteiger partial charge in [0, 0.05) is 19.0 Å². The highest BCUT2D eigenvalue weighted by Gasteiger charge is 2.29. The van der Waals surface area contributed by atoms with Gasteiger partial charge in [0.15, 0.2) is 0 Å². The van der Waals surface area contributed by atoms with Gasteiger partial charge in [-0.05, 0) is 32.4 Å². The highest BCUT2D eigenvalue weighted by Crippen LogP contribution is 2.31. The van der Waals surface area contributed by atoms with Crippen molar-refractivity contribution < 1.29 is 18.3 Å². The summed E-state index contributed by atoms with van der Waals surface area (Å²) in [6, 6.07) is 4.08. The fourth-order valence-electron chi connectivity index (χ4n) is 1.85. The summed E-state index contributed by atoms with van der Waals surface area (Å²) in [6.45, 7) is 3.54. The Balaban J connectivity index is 3.10. The third-order valence-corrected chi connectivity index (χ3v) is 5.90. The number of hydrogen-bond acceptors (Lipinski definition) is 3. The molecule has 0 unspecified atom stereocenters. The summed E-state index contributed by atoms with van der Waals surface area (Å²) in [7, 11) is -3.83. The monoisotopic (exact) mass is 353 g/mol. The molecule has 1 N–H and O–H groups in total. The van der Waals surface area contributed by atoms with Gasteiger partial charge in [-0.1, -0.05) is 29.3 Å². The topological polar surface area (TPSA) is 74.7 Å². The van der Waals surface area contributed by atoms with Crippen LogP contribution in [0.3, 0.4) is 0 Å². The normalized spacial score (nSPS) is 12.1. The first-order valence-electron chi connectivity index (χ1n) is 6.35. The largest absolute Gasteiger partial charge is 0.481 e. The molecule has 0 heterocycles. The number of sulfonamides is 1. The molecule has 0 spiro atoms. The number of carbonyl (C=O) groups is 1. The van der Waals surface area contributed by atoms with Crippen molar-refractivity contribution in [3.63, 3.8) is 0 Å². The summed E-state index contributed by atoms with van der Waals surface area (Å²) in [5.74, 6) is -0.961. The van der Waals surface area contributed by atoms with E-state index < -0.39 is 16.0 Å². The van der Waals surface area contributed by atoms with Crippen LogP contribution in [0.15, 0.2) is 23.1 Å². The van der Waals surface area contributed by atoms with Crippen LogP contribution in [0, 0.1) is 0 Å². The highest BCUT2D eigenvalue weighted by atomic mass is 35.5. The maximum atomic E-state index is 12.7. The van der Waals surface area contributed by atoms with Crippen LogP contribution in [0.2, 0.25) is 10.0 Å². The molecule has 0 amide bonds. The maximum absolute atomic E-state index is 12.7. The Hall–Kier alpha value is -0.820. The molecular formula is C13H17Cl2NO4S. The van der Waals surface area contributed by atoms with E-state index in [1.807, 2.05) is 0 Å². The standard InChI is InChI=1S/C13H17Cl2NO4S/c1-9(2)16(8-4-7-12(17)18)21(19,20)11-6-3-5-10(14)13(11)15/h3,5-6,9H,4,7-8H2,1-2H3,(H,17,18). The van der Waals surface area contributed by atoms with Crippen LogP contribution in [0.25, 0.3) is 0 Å². The zero-order valence-corrected chi connectivity index (χ0v) is 14.0. The zero-order chi connectivity index (χ0) is 16.2. The second kappa shape index (κ2) is 7.45. The van der Waals surface area contributed by atoms with Crippen molar-refractivity contribution in [1.82, 2.24) is 4.31 Å². The molecule has 0 aliphatic heterocycles. The summed E-state index contributed by atoms with van der Waals surface area (Å²) in [4.78, 5) is 10.5. The molecule has 0 saturated carbocycles. The van der Waals surface area contributed by atoms with E-state index in [0.717, 1.165) is 0 Å². The van der Waals surface area contributed by atoms with Gasteiger partial charge in [0.25, 0.3) is 0 Å². The predicted molar refractivity (Wildman–Crippen MR) is 82.4 cm³/mol. The van der Waals surface area contributed by atoms with E-state index >= 15 is 0 Å². The molecule has 8 heteroatoms. The fourth-order valence-corrected chi connectivity index (χ4v) is 4.26. The zero-order valence-electron chi connectivity index (χ0n) is 11.7. The van der Waals surface area contributed by atoms with Crippen LogP contribution in [0.1, 0.15) is 26.7 Å². The van der Waals surface area contributed by atoms with Gasteiger partial charge in [-0.3, -0.25) is 4.79 Å². The van der Waals surface area contributed by atoms with Crippen LogP contribution >= 0.6 is 23.2 Å². The van der Waals surface area contributed by atoms with E-state index in [-0.39, 0.29) is 40.4 Å². The first kappa shape index (κ1) is 18.2. The third-order valence-electron chi connectivity index (χ3n) is 2.85. The Morgan fingerprint density at radius 2 is 1.95 bits per heavy atom. The number of aliphatic carboxylic acids is 1. The van der Waals surface area contributed by atoms with Crippen molar-refractivity contribution in [1.29, 1.82) is 0 Å². The lowest BCUT2D eigenvalue weighted by Gasteiger charge is -2.26. The Kier molecular flexibility index (Phi) is 6.46. The van der Waals surface area contributed by atoms with Gasteiger partial charge in [-0.15, -0.1) is 0 Å². The number of carboxylic acids is 1. The van der Waals surface area contributed by atoms with Gasteiger partial charge >= 0.3 is 5.97 Å². The molecular weight excluding hydrogens is 337 g/mol. The molecule has 5 nitrogen and oxygen atoms in total. The smallest absolute Gasteiger partial charge is 0.303 e. The highest BCUT2D eigenvalue weighted by molar-refractivity contribution is 7.89. The summed E-state index contributed by atoms with van der Waals surface area (Å²) in [5.41, 5.74) is 0. The molecule has 0 fully saturated rings. The Morgan fingerprint density at radius 1 is 1.33 bits per heavy atom. The van der Waals surface area contributed by atoms with Gasteiger partial charge in [0.1, 0.15) is 4.90 Å². The summed E-state index contributed by atoms with van der Waals surface area (Å²) in [5, 5.41) is 8.79. The molecule has 0 aromatic heterocycles. The molecule has 0 aliphatic carbocycles. The lowest BCUT2D eigenvalue weighted by molar-refractivity contribution is -0.137. The van der Waals surface area contributed by atoms with E-state index in [0.29, 0.717) is 0 Å². The third kappa shape index (κ3) is 4.57. The van der Waals surface area contributed by atoms with Gasteiger partial charge in [-0.2, -0.15) is 4.31 Å². The van der Waals surface area contributed by atoms with Crippen molar-refractivity contribution in [3.8, 4) is 0 Å². The molecule has 0 radical (unpaired) electrons. The number of nitrogens with zero attached hydrogens (tertiary/aromatic N) is 1. The number of halogens is 2. The van der Waals surface area contributed by atoms with Gasteiger partial charge in [0.2, 0.25) is 10.0 Å². The molecule has 21 heavy (non-hydrogen) atoms. The van der Waals surface area contributed by atoms with Crippen molar-refractivity contribution in [3.05, 3.63) is 28.2 Å². The van der Waals surface area contributed by atoms with E-state index in [9.17, 15) is 13.2 Å². The molecule has 0 aliphatic rings. The van der Waals surface area contributed by atoms with Crippen LogP contribution in [0.4, 0.5) is 0 Å². The maximum Gasteiger partial charge on any atom is 0.303 e. The number of carboxylic acid groups (broad SMARTS) is 1. The number of rotatable bonds is 7. The van der Waals surface area contributed by atoms with Crippen LogP contribution in [0.5, 0.6) is 0 Å². The Bertz CT molecular complexity index is 617. The molecule has 1 aromatic rings. The lowest BCUT2D eigenvalue weighted by atomic mass is 10.3. The van der Waals surface area contributed by atoms with E-state index in [1.165, 1.54) is 22.5 Å². The van der Waals surface area contributed by atoms with E-state index in [2.05, 4.69) is 0 Å². The molecule has 118 valence electrons. The van der Waals surface area contributed by atoms with Gasteiger partial charge in [-0.25, -0.2) is 8.42 Å². The summed E-state index contributed by atoms with van der Waals surface area (Å²) >= 11 is 11.8. The Labute approximate surface area is 134 Å². The van der Waals surface area contributed by atoms with Crippen LogP contribution in [-0.4, -0.2) is 36.4 Å². The lowest BCUT2D eigenvalue weighted by Crippen LogP contribution is -2.38. The van der Waals surface area contributed by atoms with Crippen LogP contribution < -0.4 is 0 Å².